The Morgan fingerprint density at radius 2 is 2.12 bits per heavy atom. The Kier molecular flexibility index (Phi) is 4.94. The molecule has 1 unspecified atom stereocenters. The Bertz CT molecular complexity index is 912. The number of rotatable bonds is 4. The number of nitrogens with one attached hydrogen (secondary N) is 1. The third-order valence-corrected chi connectivity index (χ3v) is 4.50. The number of ether oxygens (including phenoxy) is 1. The number of benzene rings is 2. The standard InChI is InChI=1S/C21H21N3O2/c1-14-8-9-20(26-3)18(10-14)23-21(25)17(12-22)13-24-15(2)11-16-6-4-5-7-19(16)24/h4-10,13,15H,11H2,1-3H3,(H,23,25)/b17-13-. The maximum Gasteiger partial charge on any atom is 0.267 e. The predicted molar refractivity (Wildman–Crippen MR) is 102 cm³/mol. The maximum absolute atomic E-state index is 12.6. The number of nitriles is 1. The minimum atomic E-state index is -0.451. The molecule has 0 fully saturated rings. The second kappa shape index (κ2) is 7.32. The van der Waals surface area contributed by atoms with Gasteiger partial charge in [-0.15, -0.1) is 0 Å². The highest BCUT2D eigenvalue weighted by atomic mass is 16.5. The molecule has 2 aromatic rings. The summed E-state index contributed by atoms with van der Waals surface area (Å²) in [6, 6.07) is 15.8. The summed E-state index contributed by atoms with van der Waals surface area (Å²) in [6.45, 7) is 4.01. The minimum absolute atomic E-state index is 0.0529. The van der Waals surface area contributed by atoms with Crippen LogP contribution >= 0.6 is 0 Å². The van der Waals surface area contributed by atoms with Crippen LogP contribution in [0.25, 0.3) is 0 Å². The van der Waals surface area contributed by atoms with Crippen molar-refractivity contribution >= 4 is 17.3 Å². The number of para-hydroxylation sites is 1. The third kappa shape index (κ3) is 3.40. The molecule has 0 saturated heterocycles. The summed E-state index contributed by atoms with van der Waals surface area (Å²) >= 11 is 0. The molecule has 5 nitrogen and oxygen atoms in total. The van der Waals surface area contributed by atoms with Crippen molar-refractivity contribution in [1.29, 1.82) is 5.26 Å². The molecule has 0 radical (unpaired) electrons. The molecule has 1 N–H and O–H groups in total. The van der Waals surface area contributed by atoms with Gasteiger partial charge >= 0.3 is 0 Å². The Morgan fingerprint density at radius 3 is 2.85 bits per heavy atom. The first-order valence-electron chi connectivity index (χ1n) is 8.47. The molecule has 0 spiro atoms. The van der Waals surface area contributed by atoms with Crippen LogP contribution in [-0.2, 0) is 11.2 Å². The zero-order valence-electron chi connectivity index (χ0n) is 15.1. The molecule has 1 aliphatic heterocycles. The summed E-state index contributed by atoms with van der Waals surface area (Å²) in [5.74, 6) is 0.106. The summed E-state index contributed by atoms with van der Waals surface area (Å²) in [7, 11) is 1.55. The van der Waals surface area contributed by atoms with E-state index in [2.05, 4.69) is 18.3 Å². The van der Waals surface area contributed by atoms with E-state index in [1.165, 1.54) is 5.56 Å². The first kappa shape index (κ1) is 17.6. The van der Waals surface area contributed by atoms with Gasteiger partial charge in [-0.2, -0.15) is 5.26 Å². The monoisotopic (exact) mass is 347 g/mol. The Morgan fingerprint density at radius 1 is 1.35 bits per heavy atom. The van der Waals surface area contributed by atoms with Crippen molar-refractivity contribution in [3.63, 3.8) is 0 Å². The zero-order chi connectivity index (χ0) is 18.7. The number of anilines is 2. The van der Waals surface area contributed by atoms with Crippen molar-refractivity contribution in [2.75, 3.05) is 17.3 Å². The highest BCUT2D eigenvalue weighted by Crippen LogP contribution is 2.32. The van der Waals surface area contributed by atoms with E-state index < -0.39 is 5.91 Å². The predicted octanol–water partition coefficient (Wildman–Crippen LogP) is 3.80. The third-order valence-electron chi connectivity index (χ3n) is 4.50. The largest absolute Gasteiger partial charge is 0.495 e. The molecule has 26 heavy (non-hydrogen) atoms. The van der Waals surface area contributed by atoms with Gasteiger partial charge in [-0.1, -0.05) is 24.3 Å². The average Bonchev–Trinajstić information content (AvgIpc) is 2.95. The summed E-state index contributed by atoms with van der Waals surface area (Å²) in [4.78, 5) is 14.6. The van der Waals surface area contributed by atoms with Crippen molar-refractivity contribution in [2.45, 2.75) is 26.3 Å². The topological polar surface area (TPSA) is 65.4 Å². The van der Waals surface area contributed by atoms with Crippen molar-refractivity contribution in [2.24, 2.45) is 0 Å². The number of amides is 1. The van der Waals surface area contributed by atoms with Gasteiger partial charge in [0.1, 0.15) is 17.4 Å². The zero-order valence-corrected chi connectivity index (χ0v) is 15.1. The molecule has 0 bridgehead atoms. The first-order valence-corrected chi connectivity index (χ1v) is 8.47. The minimum Gasteiger partial charge on any atom is -0.495 e. The molecule has 132 valence electrons. The van der Waals surface area contributed by atoms with Gasteiger partial charge in [0, 0.05) is 17.9 Å². The molecule has 1 heterocycles. The summed E-state index contributed by atoms with van der Waals surface area (Å²) in [5.41, 5.74) is 3.85. The average molecular weight is 347 g/mol. The number of hydrogen-bond donors (Lipinski definition) is 1. The second-order valence-corrected chi connectivity index (χ2v) is 6.40. The molecule has 1 atom stereocenters. The quantitative estimate of drug-likeness (QED) is 0.675. The number of fused-ring (bicyclic) bond motifs is 1. The van der Waals surface area contributed by atoms with E-state index in [4.69, 9.17) is 4.74 Å². The molecule has 2 aromatic carbocycles. The summed E-state index contributed by atoms with van der Waals surface area (Å²) in [6.07, 6.45) is 2.52. The Balaban J connectivity index is 1.88. The van der Waals surface area contributed by atoms with Crippen LogP contribution in [0.15, 0.2) is 54.2 Å². The lowest BCUT2D eigenvalue weighted by Gasteiger charge is -2.20. The van der Waals surface area contributed by atoms with Gasteiger partial charge in [-0.25, -0.2) is 0 Å². The second-order valence-electron chi connectivity index (χ2n) is 6.40. The van der Waals surface area contributed by atoms with Gasteiger partial charge < -0.3 is 15.0 Å². The number of carbonyl (C=O) groups is 1. The molecule has 0 aliphatic carbocycles. The number of aryl methyl sites for hydroxylation is 1. The van der Waals surface area contributed by atoms with E-state index in [0.29, 0.717) is 11.4 Å². The maximum atomic E-state index is 12.6. The molecule has 3 rings (SSSR count). The smallest absolute Gasteiger partial charge is 0.267 e. The van der Waals surface area contributed by atoms with E-state index >= 15 is 0 Å². The SMILES string of the molecule is COc1ccc(C)cc1NC(=O)/C(C#N)=C\N1c2ccccc2CC1C. The molecule has 0 saturated carbocycles. The Labute approximate surface area is 153 Å². The van der Waals surface area contributed by atoms with Gasteiger partial charge in [-0.3, -0.25) is 4.79 Å². The van der Waals surface area contributed by atoms with E-state index in [-0.39, 0.29) is 11.6 Å². The van der Waals surface area contributed by atoms with Crippen molar-refractivity contribution in [1.82, 2.24) is 0 Å². The highest BCUT2D eigenvalue weighted by Gasteiger charge is 2.25. The highest BCUT2D eigenvalue weighted by molar-refractivity contribution is 6.07. The van der Waals surface area contributed by atoms with Crippen LogP contribution in [0, 0.1) is 18.3 Å². The fourth-order valence-corrected chi connectivity index (χ4v) is 3.17. The van der Waals surface area contributed by atoms with E-state index in [1.54, 1.807) is 19.4 Å². The van der Waals surface area contributed by atoms with E-state index in [1.807, 2.05) is 48.2 Å². The molecule has 5 heteroatoms. The van der Waals surface area contributed by atoms with Gasteiger partial charge in [0.2, 0.25) is 0 Å². The van der Waals surface area contributed by atoms with E-state index in [9.17, 15) is 10.1 Å². The van der Waals surface area contributed by atoms with Gasteiger partial charge in [0.15, 0.2) is 0 Å². The van der Waals surface area contributed by atoms with Crippen LogP contribution < -0.4 is 15.0 Å². The molecule has 1 aliphatic rings. The van der Waals surface area contributed by atoms with Crippen molar-refractivity contribution in [3.8, 4) is 11.8 Å². The Hall–Kier alpha value is -3.26. The number of carbonyl (C=O) groups excluding carboxylic acids is 1. The number of nitrogens with zero attached hydrogens (tertiary/aromatic N) is 2. The lowest BCUT2D eigenvalue weighted by atomic mass is 10.1. The van der Waals surface area contributed by atoms with Crippen LogP contribution in [0.1, 0.15) is 18.1 Å². The lowest BCUT2D eigenvalue weighted by Crippen LogP contribution is -2.26. The van der Waals surface area contributed by atoms with Crippen LogP contribution in [0.5, 0.6) is 5.75 Å². The lowest BCUT2D eigenvalue weighted by molar-refractivity contribution is -0.112. The van der Waals surface area contributed by atoms with Gasteiger partial charge in [-0.05, 0) is 49.6 Å². The first-order chi connectivity index (χ1) is 12.5. The molecular formula is C21H21N3O2. The fraction of sp³-hybridized carbons (Fsp3) is 0.238. The summed E-state index contributed by atoms with van der Waals surface area (Å²) in [5, 5.41) is 12.3. The van der Waals surface area contributed by atoms with E-state index in [0.717, 1.165) is 17.7 Å². The normalized spacial score (nSPS) is 16.0. The summed E-state index contributed by atoms with van der Waals surface area (Å²) < 4.78 is 5.28. The van der Waals surface area contributed by atoms with Gasteiger partial charge in [0.25, 0.3) is 5.91 Å². The molecular weight excluding hydrogens is 326 g/mol. The fourth-order valence-electron chi connectivity index (χ4n) is 3.17. The van der Waals surface area contributed by atoms with Crippen LogP contribution in [-0.4, -0.2) is 19.1 Å². The number of hydrogen-bond acceptors (Lipinski definition) is 4. The van der Waals surface area contributed by atoms with Crippen molar-refractivity contribution in [3.05, 3.63) is 65.4 Å². The van der Waals surface area contributed by atoms with Crippen molar-refractivity contribution < 1.29 is 9.53 Å². The molecule has 1 amide bonds. The van der Waals surface area contributed by atoms with Gasteiger partial charge in [0.05, 0.1) is 12.8 Å². The van der Waals surface area contributed by atoms with Crippen LogP contribution in [0.4, 0.5) is 11.4 Å². The van der Waals surface area contributed by atoms with Crippen LogP contribution in [0.3, 0.4) is 0 Å². The number of methoxy groups -OCH3 is 1. The molecule has 0 aromatic heterocycles. The van der Waals surface area contributed by atoms with Crippen LogP contribution in [0.2, 0.25) is 0 Å².